The Labute approximate surface area is 91.8 Å². The SMILES string of the molecule is CCCC(C)COC(=O)CC(C)(O)CN. The average Bonchev–Trinajstić information content (AvgIpc) is 2.15. The van der Waals surface area contributed by atoms with Crippen LogP contribution in [0.5, 0.6) is 0 Å². The molecule has 0 aliphatic heterocycles. The van der Waals surface area contributed by atoms with Crippen LogP contribution in [0.15, 0.2) is 0 Å². The van der Waals surface area contributed by atoms with Crippen LogP contribution in [0.4, 0.5) is 0 Å². The molecule has 15 heavy (non-hydrogen) atoms. The molecule has 0 aromatic rings. The van der Waals surface area contributed by atoms with E-state index in [1.165, 1.54) is 6.92 Å². The van der Waals surface area contributed by atoms with E-state index in [0.717, 1.165) is 12.8 Å². The molecule has 0 aromatic heterocycles. The standard InChI is InChI=1S/C11H23NO3/c1-4-5-9(2)7-15-10(13)6-11(3,14)8-12/h9,14H,4-8,12H2,1-3H3. The fourth-order valence-corrected chi connectivity index (χ4v) is 1.25. The average molecular weight is 217 g/mol. The van der Waals surface area contributed by atoms with E-state index in [-0.39, 0.29) is 18.9 Å². The molecule has 0 aliphatic carbocycles. The van der Waals surface area contributed by atoms with E-state index in [0.29, 0.717) is 12.5 Å². The molecule has 3 N–H and O–H groups in total. The lowest BCUT2D eigenvalue weighted by Crippen LogP contribution is -2.37. The van der Waals surface area contributed by atoms with Crippen LogP contribution in [0.3, 0.4) is 0 Å². The Hall–Kier alpha value is -0.610. The molecule has 0 aromatic carbocycles. The minimum Gasteiger partial charge on any atom is -0.465 e. The second kappa shape index (κ2) is 6.80. The highest BCUT2D eigenvalue weighted by molar-refractivity contribution is 5.70. The van der Waals surface area contributed by atoms with Crippen molar-refractivity contribution in [2.45, 2.75) is 45.6 Å². The van der Waals surface area contributed by atoms with Gasteiger partial charge in [0.25, 0.3) is 0 Å². The Kier molecular flexibility index (Phi) is 6.52. The van der Waals surface area contributed by atoms with Crippen LogP contribution in [0.25, 0.3) is 0 Å². The predicted octanol–water partition coefficient (Wildman–Crippen LogP) is 1.07. The highest BCUT2D eigenvalue weighted by Gasteiger charge is 2.23. The van der Waals surface area contributed by atoms with E-state index in [1.807, 2.05) is 6.92 Å². The second-order valence-electron chi connectivity index (χ2n) is 4.45. The van der Waals surface area contributed by atoms with Gasteiger partial charge in [-0.3, -0.25) is 4.79 Å². The zero-order chi connectivity index (χ0) is 11.9. The molecule has 2 atom stereocenters. The van der Waals surface area contributed by atoms with Crippen molar-refractivity contribution in [3.8, 4) is 0 Å². The van der Waals surface area contributed by atoms with Gasteiger partial charge in [0, 0.05) is 6.54 Å². The first kappa shape index (κ1) is 14.4. The number of esters is 1. The van der Waals surface area contributed by atoms with E-state index in [4.69, 9.17) is 10.5 Å². The van der Waals surface area contributed by atoms with E-state index >= 15 is 0 Å². The van der Waals surface area contributed by atoms with E-state index in [9.17, 15) is 9.90 Å². The molecule has 90 valence electrons. The molecular weight excluding hydrogens is 194 g/mol. The monoisotopic (exact) mass is 217 g/mol. The van der Waals surface area contributed by atoms with Crippen molar-refractivity contribution in [2.75, 3.05) is 13.2 Å². The van der Waals surface area contributed by atoms with E-state index in [1.54, 1.807) is 0 Å². The zero-order valence-electron chi connectivity index (χ0n) is 9.95. The second-order valence-corrected chi connectivity index (χ2v) is 4.45. The summed E-state index contributed by atoms with van der Waals surface area (Å²) < 4.78 is 5.04. The molecule has 0 radical (unpaired) electrons. The number of hydrogen-bond donors (Lipinski definition) is 2. The molecule has 0 rings (SSSR count). The topological polar surface area (TPSA) is 72.5 Å². The number of hydrogen-bond acceptors (Lipinski definition) is 4. The first-order chi connectivity index (χ1) is 6.91. The number of ether oxygens (including phenoxy) is 1. The number of carbonyl (C=O) groups excluding carboxylic acids is 1. The van der Waals surface area contributed by atoms with Crippen LogP contribution in [0.2, 0.25) is 0 Å². The van der Waals surface area contributed by atoms with Gasteiger partial charge in [-0.25, -0.2) is 0 Å². The van der Waals surface area contributed by atoms with Crippen molar-refractivity contribution in [1.29, 1.82) is 0 Å². The van der Waals surface area contributed by atoms with E-state index < -0.39 is 5.60 Å². The largest absolute Gasteiger partial charge is 0.465 e. The molecule has 4 heteroatoms. The normalized spacial score (nSPS) is 16.9. The Balaban J connectivity index is 3.75. The Morgan fingerprint density at radius 1 is 1.60 bits per heavy atom. The molecule has 0 saturated heterocycles. The van der Waals surface area contributed by atoms with Gasteiger partial charge in [-0.05, 0) is 19.3 Å². The summed E-state index contributed by atoms with van der Waals surface area (Å²) in [5.41, 5.74) is 4.15. The molecule has 0 amide bonds. The number of carbonyl (C=O) groups is 1. The molecule has 0 fully saturated rings. The van der Waals surface area contributed by atoms with Crippen LogP contribution >= 0.6 is 0 Å². The van der Waals surface area contributed by atoms with Gasteiger partial charge < -0.3 is 15.6 Å². The van der Waals surface area contributed by atoms with Gasteiger partial charge in [0.1, 0.15) is 0 Å². The van der Waals surface area contributed by atoms with E-state index in [2.05, 4.69) is 6.92 Å². The smallest absolute Gasteiger partial charge is 0.308 e. The van der Waals surface area contributed by atoms with Crippen LogP contribution in [-0.4, -0.2) is 29.8 Å². The summed E-state index contributed by atoms with van der Waals surface area (Å²) >= 11 is 0. The lowest BCUT2D eigenvalue weighted by Gasteiger charge is -2.20. The number of aliphatic hydroxyl groups is 1. The summed E-state index contributed by atoms with van der Waals surface area (Å²) in [7, 11) is 0. The minimum atomic E-state index is -1.15. The van der Waals surface area contributed by atoms with Gasteiger partial charge in [0.05, 0.1) is 18.6 Å². The van der Waals surface area contributed by atoms with Crippen molar-refractivity contribution in [3.63, 3.8) is 0 Å². The van der Waals surface area contributed by atoms with Gasteiger partial charge in [0.2, 0.25) is 0 Å². The first-order valence-electron chi connectivity index (χ1n) is 5.49. The lowest BCUT2D eigenvalue weighted by atomic mass is 10.0. The van der Waals surface area contributed by atoms with Gasteiger partial charge in [-0.2, -0.15) is 0 Å². The lowest BCUT2D eigenvalue weighted by molar-refractivity contribution is -0.149. The van der Waals surface area contributed by atoms with Crippen LogP contribution in [-0.2, 0) is 9.53 Å². The van der Waals surface area contributed by atoms with Crippen molar-refractivity contribution in [3.05, 3.63) is 0 Å². The summed E-state index contributed by atoms with van der Waals surface area (Å²) in [6.07, 6.45) is 2.09. The molecule has 0 aliphatic rings. The van der Waals surface area contributed by atoms with Crippen molar-refractivity contribution < 1.29 is 14.6 Å². The molecular formula is C11H23NO3. The molecule has 2 unspecified atom stereocenters. The third kappa shape index (κ3) is 7.33. The predicted molar refractivity (Wildman–Crippen MR) is 59.3 cm³/mol. The third-order valence-electron chi connectivity index (χ3n) is 2.28. The zero-order valence-corrected chi connectivity index (χ0v) is 9.95. The maximum atomic E-state index is 11.3. The van der Waals surface area contributed by atoms with Gasteiger partial charge in [0.15, 0.2) is 0 Å². The fraction of sp³-hybridized carbons (Fsp3) is 0.909. The molecule has 0 bridgehead atoms. The fourth-order valence-electron chi connectivity index (χ4n) is 1.25. The van der Waals surface area contributed by atoms with Gasteiger partial charge in [-0.15, -0.1) is 0 Å². The first-order valence-corrected chi connectivity index (χ1v) is 5.49. The Morgan fingerprint density at radius 3 is 2.67 bits per heavy atom. The highest BCUT2D eigenvalue weighted by atomic mass is 16.5. The maximum Gasteiger partial charge on any atom is 0.308 e. The summed E-state index contributed by atoms with van der Waals surface area (Å²) in [6, 6.07) is 0. The van der Waals surface area contributed by atoms with Gasteiger partial charge >= 0.3 is 5.97 Å². The van der Waals surface area contributed by atoms with Gasteiger partial charge in [-0.1, -0.05) is 20.3 Å². The number of nitrogens with two attached hydrogens (primary N) is 1. The van der Waals surface area contributed by atoms with Crippen molar-refractivity contribution in [2.24, 2.45) is 11.7 Å². The Bertz CT molecular complexity index is 192. The number of rotatable bonds is 7. The summed E-state index contributed by atoms with van der Waals surface area (Å²) in [5.74, 6) is -0.00446. The molecule has 0 saturated carbocycles. The highest BCUT2D eigenvalue weighted by Crippen LogP contribution is 2.10. The van der Waals surface area contributed by atoms with Crippen molar-refractivity contribution >= 4 is 5.97 Å². The summed E-state index contributed by atoms with van der Waals surface area (Å²) in [5, 5.41) is 9.54. The quantitative estimate of drug-likeness (QED) is 0.626. The van der Waals surface area contributed by atoms with Crippen molar-refractivity contribution in [1.82, 2.24) is 0 Å². The minimum absolute atomic E-state index is 0.0393. The van der Waals surface area contributed by atoms with Crippen LogP contribution in [0, 0.1) is 5.92 Å². The summed E-state index contributed by atoms with van der Waals surface area (Å²) in [4.78, 5) is 11.3. The maximum absolute atomic E-state index is 11.3. The summed E-state index contributed by atoms with van der Waals surface area (Å²) in [6.45, 7) is 6.15. The molecule has 0 spiro atoms. The molecule has 0 heterocycles. The molecule has 4 nitrogen and oxygen atoms in total. The van der Waals surface area contributed by atoms with Crippen LogP contribution in [0.1, 0.15) is 40.0 Å². The Morgan fingerprint density at radius 2 is 2.20 bits per heavy atom. The van der Waals surface area contributed by atoms with Crippen LogP contribution < -0.4 is 5.73 Å². The third-order valence-corrected chi connectivity index (χ3v) is 2.28.